The lowest BCUT2D eigenvalue weighted by molar-refractivity contribution is -0.144. The fraction of sp³-hybridized carbons (Fsp3) is 0.500. The standard InChI is InChI=1S/C12H14F3N5O2/c1-5-8(7(3)22-20-5)4-9(21)16-6(2)10-17-11(19-18-10)12(13,14)15/h6H,4H2,1-3H3,(H,16,21)(H,17,18,19). The first-order valence-electron chi connectivity index (χ1n) is 6.39. The summed E-state index contributed by atoms with van der Waals surface area (Å²) in [7, 11) is 0. The van der Waals surface area contributed by atoms with Crippen LogP contribution in [0.5, 0.6) is 0 Å². The first kappa shape index (κ1) is 16.0. The number of hydrogen-bond donors (Lipinski definition) is 2. The van der Waals surface area contributed by atoms with Crippen LogP contribution in [-0.4, -0.2) is 26.2 Å². The molecule has 0 spiro atoms. The van der Waals surface area contributed by atoms with Gasteiger partial charge in [-0.05, 0) is 20.8 Å². The van der Waals surface area contributed by atoms with Crippen LogP contribution in [-0.2, 0) is 17.4 Å². The van der Waals surface area contributed by atoms with E-state index in [-0.39, 0.29) is 18.2 Å². The van der Waals surface area contributed by atoms with Crippen LogP contribution in [0.25, 0.3) is 0 Å². The summed E-state index contributed by atoms with van der Waals surface area (Å²) in [6.07, 6.45) is -4.61. The SMILES string of the molecule is Cc1noc(C)c1CC(=O)NC(C)c1nc(C(F)(F)F)n[nH]1. The summed E-state index contributed by atoms with van der Waals surface area (Å²) in [6.45, 7) is 4.89. The van der Waals surface area contributed by atoms with Crippen LogP contribution in [0.4, 0.5) is 13.2 Å². The topological polar surface area (TPSA) is 96.7 Å². The minimum atomic E-state index is -4.63. The minimum Gasteiger partial charge on any atom is -0.361 e. The summed E-state index contributed by atoms with van der Waals surface area (Å²) in [4.78, 5) is 15.3. The number of aryl methyl sites for hydroxylation is 2. The highest BCUT2D eigenvalue weighted by Crippen LogP contribution is 2.26. The van der Waals surface area contributed by atoms with Crippen LogP contribution in [0, 0.1) is 13.8 Å². The molecular weight excluding hydrogens is 303 g/mol. The third-order valence-electron chi connectivity index (χ3n) is 3.06. The number of H-pyrrole nitrogens is 1. The zero-order valence-electron chi connectivity index (χ0n) is 12.1. The Balaban J connectivity index is 2.01. The Labute approximate surface area is 123 Å². The highest BCUT2D eigenvalue weighted by molar-refractivity contribution is 5.79. The van der Waals surface area contributed by atoms with E-state index in [0.717, 1.165) is 0 Å². The van der Waals surface area contributed by atoms with Gasteiger partial charge in [0.05, 0.1) is 18.2 Å². The number of nitrogens with zero attached hydrogens (tertiary/aromatic N) is 3. The van der Waals surface area contributed by atoms with Gasteiger partial charge in [0.25, 0.3) is 5.82 Å². The zero-order chi connectivity index (χ0) is 16.5. The molecule has 10 heteroatoms. The van der Waals surface area contributed by atoms with E-state index in [1.165, 1.54) is 6.92 Å². The minimum absolute atomic E-state index is 0.0196. The lowest BCUT2D eigenvalue weighted by atomic mass is 10.1. The number of rotatable bonds is 4. The van der Waals surface area contributed by atoms with Crippen LogP contribution in [0.15, 0.2) is 4.52 Å². The quantitative estimate of drug-likeness (QED) is 0.897. The molecule has 1 amide bonds. The third-order valence-corrected chi connectivity index (χ3v) is 3.06. The summed E-state index contributed by atoms with van der Waals surface area (Å²) >= 11 is 0. The van der Waals surface area contributed by atoms with E-state index in [4.69, 9.17) is 4.52 Å². The van der Waals surface area contributed by atoms with Crippen LogP contribution in [0.3, 0.4) is 0 Å². The number of aromatic nitrogens is 4. The van der Waals surface area contributed by atoms with Crippen LogP contribution in [0.1, 0.15) is 41.6 Å². The van der Waals surface area contributed by atoms with Crippen molar-refractivity contribution in [1.29, 1.82) is 0 Å². The summed E-state index contributed by atoms with van der Waals surface area (Å²) in [5.74, 6) is -1.19. The van der Waals surface area contributed by atoms with Gasteiger partial charge in [-0.2, -0.15) is 13.2 Å². The molecule has 2 aromatic rings. The molecule has 0 fully saturated rings. The van der Waals surface area contributed by atoms with E-state index in [2.05, 4.69) is 25.7 Å². The van der Waals surface area contributed by atoms with Crippen molar-refractivity contribution in [2.45, 2.75) is 39.4 Å². The Kier molecular flexibility index (Phi) is 4.20. The highest BCUT2D eigenvalue weighted by Gasteiger charge is 2.36. The molecule has 0 aromatic carbocycles. The second-order valence-corrected chi connectivity index (χ2v) is 4.81. The Morgan fingerprint density at radius 1 is 1.41 bits per heavy atom. The molecule has 0 aliphatic carbocycles. The van der Waals surface area contributed by atoms with Crippen LogP contribution >= 0.6 is 0 Å². The predicted molar refractivity (Wildman–Crippen MR) is 67.6 cm³/mol. The molecule has 2 rings (SSSR count). The lowest BCUT2D eigenvalue weighted by Crippen LogP contribution is -2.29. The summed E-state index contributed by atoms with van der Waals surface area (Å²) in [5.41, 5.74) is 1.25. The first-order chi connectivity index (χ1) is 10.2. The molecule has 0 saturated heterocycles. The number of carbonyl (C=O) groups is 1. The normalized spacial score (nSPS) is 13.2. The molecule has 22 heavy (non-hydrogen) atoms. The molecule has 1 atom stereocenters. The van der Waals surface area contributed by atoms with Gasteiger partial charge in [-0.15, -0.1) is 5.10 Å². The zero-order valence-corrected chi connectivity index (χ0v) is 12.1. The number of alkyl halides is 3. The molecule has 7 nitrogen and oxygen atoms in total. The number of aromatic amines is 1. The van der Waals surface area contributed by atoms with Gasteiger partial charge >= 0.3 is 6.18 Å². The molecule has 0 aliphatic heterocycles. The van der Waals surface area contributed by atoms with Gasteiger partial charge in [0.1, 0.15) is 11.6 Å². The Morgan fingerprint density at radius 2 is 2.09 bits per heavy atom. The third kappa shape index (κ3) is 3.43. The van der Waals surface area contributed by atoms with Crippen molar-refractivity contribution < 1.29 is 22.5 Å². The monoisotopic (exact) mass is 317 g/mol. The second kappa shape index (κ2) is 5.78. The van der Waals surface area contributed by atoms with E-state index in [0.29, 0.717) is 17.0 Å². The summed E-state index contributed by atoms with van der Waals surface area (Å²) in [5, 5.41) is 11.5. The van der Waals surface area contributed by atoms with Gasteiger partial charge in [-0.3, -0.25) is 9.89 Å². The largest absolute Gasteiger partial charge is 0.453 e. The van der Waals surface area contributed by atoms with Crippen molar-refractivity contribution in [3.8, 4) is 0 Å². The molecule has 120 valence electrons. The van der Waals surface area contributed by atoms with Gasteiger partial charge in [-0.1, -0.05) is 5.16 Å². The number of nitrogens with one attached hydrogen (secondary N) is 2. The van der Waals surface area contributed by atoms with Gasteiger partial charge < -0.3 is 9.84 Å². The van der Waals surface area contributed by atoms with Crippen LogP contribution in [0.2, 0.25) is 0 Å². The maximum atomic E-state index is 12.4. The predicted octanol–water partition coefficient (Wildman–Crippen LogP) is 1.85. The smallest absolute Gasteiger partial charge is 0.361 e. The Hall–Kier alpha value is -2.39. The first-order valence-corrected chi connectivity index (χ1v) is 6.39. The number of halogens is 3. The Bertz CT molecular complexity index is 657. The number of hydrogen-bond acceptors (Lipinski definition) is 5. The molecule has 0 aliphatic rings. The molecule has 0 bridgehead atoms. The van der Waals surface area contributed by atoms with Crippen molar-refractivity contribution in [2.75, 3.05) is 0 Å². The van der Waals surface area contributed by atoms with E-state index in [1.54, 1.807) is 13.8 Å². The highest BCUT2D eigenvalue weighted by atomic mass is 19.4. The fourth-order valence-electron chi connectivity index (χ4n) is 1.87. The van der Waals surface area contributed by atoms with Crippen molar-refractivity contribution in [2.24, 2.45) is 0 Å². The van der Waals surface area contributed by atoms with Crippen molar-refractivity contribution in [3.05, 3.63) is 28.7 Å². The summed E-state index contributed by atoms with van der Waals surface area (Å²) in [6, 6.07) is -0.739. The number of amides is 1. The average molecular weight is 317 g/mol. The molecule has 2 heterocycles. The average Bonchev–Trinajstić information content (AvgIpc) is 3.00. The van der Waals surface area contributed by atoms with E-state index >= 15 is 0 Å². The number of carbonyl (C=O) groups excluding carboxylic acids is 1. The van der Waals surface area contributed by atoms with Gasteiger partial charge in [-0.25, -0.2) is 4.98 Å². The maximum absolute atomic E-state index is 12.4. The summed E-state index contributed by atoms with van der Waals surface area (Å²) < 4.78 is 42.2. The van der Waals surface area contributed by atoms with Gasteiger partial charge in [0.15, 0.2) is 0 Å². The van der Waals surface area contributed by atoms with Crippen molar-refractivity contribution >= 4 is 5.91 Å². The van der Waals surface area contributed by atoms with Gasteiger partial charge in [0.2, 0.25) is 5.91 Å². The van der Waals surface area contributed by atoms with Crippen molar-refractivity contribution in [1.82, 2.24) is 25.7 Å². The molecule has 0 saturated carbocycles. The lowest BCUT2D eigenvalue weighted by Gasteiger charge is -2.10. The van der Waals surface area contributed by atoms with Crippen molar-refractivity contribution in [3.63, 3.8) is 0 Å². The molecule has 2 aromatic heterocycles. The van der Waals surface area contributed by atoms with Gasteiger partial charge in [0, 0.05) is 5.56 Å². The Morgan fingerprint density at radius 3 is 2.59 bits per heavy atom. The van der Waals surface area contributed by atoms with E-state index in [1.807, 2.05) is 0 Å². The van der Waals surface area contributed by atoms with E-state index < -0.39 is 18.0 Å². The van der Waals surface area contributed by atoms with E-state index in [9.17, 15) is 18.0 Å². The molecule has 2 N–H and O–H groups in total. The molecule has 0 radical (unpaired) electrons. The van der Waals surface area contributed by atoms with Crippen LogP contribution < -0.4 is 5.32 Å². The molecular formula is C12H14F3N5O2. The fourth-order valence-corrected chi connectivity index (χ4v) is 1.87. The maximum Gasteiger partial charge on any atom is 0.453 e. The second-order valence-electron chi connectivity index (χ2n) is 4.81. The molecule has 1 unspecified atom stereocenters.